The molecule has 0 atom stereocenters. The van der Waals surface area contributed by atoms with Gasteiger partial charge in [0, 0.05) is 7.05 Å². The maximum absolute atomic E-state index is 12.7. The van der Waals surface area contributed by atoms with E-state index < -0.39 is 10.7 Å². The molecule has 17 heavy (non-hydrogen) atoms. The van der Waals surface area contributed by atoms with Gasteiger partial charge >= 0.3 is 11.7 Å². The maximum Gasteiger partial charge on any atom is 0.427 e. The van der Waals surface area contributed by atoms with Gasteiger partial charge in [-0.15, -0.1) is 0 Å². The van der Waals surface area contributed by atoms with E-state index in [1.165, 1.54) is 35.2 Å². The minimum absolute atomic E-state index is 0.00149. The zero-order chi connectivity index (χ0) is 12.4. The van der Waals surface area contributed by atoms with Crippen molar-refractivity contribution >= 4 is 5.82 Å². The molecule has 0 N–H and O–H groups in total. The number of benzene rings is 1. The number of ether oxygens (including phenoxy) is 1. The molecule has 0 bridgehead atoms. The Morgan fingerprint density at radius 3 is 2.65 bits per heavy atom. The number of nitro groups is 1. The van der Waals surface area contributed by atoms with Gasteiger partial charge in [0.05, 0.1) is 0 Å². The molecular weight excluding hydrogens is 229 g/mol. The predicted molar refractivity (Wildman–Crippen MR) is 56.3 cm³/mol. The second kappa shape index (κ2) is 4.20. The Labute approximate surface area is 95.4 Å². The Morgan fingerprint density at radius 1 is 1.41 bits per heavy atom. The summed E-state index contributed by atoms with van der Waals surface area (Å²) in [6.07, 6.45) is 1.27. The van der Waals surface area contributed by atoms with E-state index in [1.54, 1.807) is 7.05 Å². The van der Waals surface area contributed by atoms with Gasteiger partial charge in [-0.3, -0.25) is 4.57 Å². The van der Waals surface area contributed by atoms with Crippen LogP contribution in [0, 0.1) is 15.9 Å². The van der Waals surface area contributed by atoms with Gasteiger partial charge in [0.2, 0.25) is 6.33 Å². The summed E-state index contributed by atoms with van der Waals surface area (Å²) >= 11 is 0. The number of rotatable bonds is 3. The monoisotopic (exact) mass is 237 g/mol. The molecule has 88 valence electrons. The van der Waals surface area contributed by atoms with Crippen molar-refractivity contribution in [2.45, 2.75) is 0 Å². The number of nitrogens with zero attached hydrogens (tertiary/aromatic N) is 3. The minimum Gasteiger partial charge on any atom is -0.434 e. The highest BCUT2D eigenvalue weighted by atomic mass is 19.1. The van der Waals surface area contributed by atoms with Gasteiger partial charge in [0.1, 0.15) is 11.6 Å². The highest BCUT2D eigenvalue weighted by Gasteiger charge is 2.22. The van der Waals surface area contributed by atoms with Gasteiger partial charge in [-0.25, -0.2) is 4.39 Å². The first-order chi connectivity index (χ1) is 8.08. The van der Waals surface area contributed by atoms with Crippen LogP contribution in [0.3, 0.4) is 0 Å². The first-order valence-electron chi connectivity index (χ1n) is 4.67. The zero-order valence-corrected chi connectivity index (χ0v) is 8.83. The second-order valence-corrected chi connectivity index (χ2v) is 3.30. The lowest BCUT2D eigenvalue weighted by Gasteiger charge is -2.04. The van der Waals surface area contributed by atoms with Gasteiger partial charge in [-0.05, 0) is 34.2 Å². The third-order valence-electron chi connectivity index (χ3n) is 2.07. The zero-order valence-electron chi connectivity index (χ0n) is 8.83. The lowest BCUT2D eigenvalue weighted by atomic mass is 10.3. The van der Waals surface area contributed by atoms with Crippen LogP contribution < -0.4 is 4.74 Å². The van der Waals surface area contributed by atoms with Crippen LogP contribution >= 0.6 is 0 Å². The summed E-state index contributed by atoms with van der Waals surface area (Å²) in [5, 5.41) is 10.7. The Morgan fingerprint density at radius 2 is 2.06 bits per heavy atom. The molecule has 7 heteroatoms. The van der Waals surface area contributed by atoms with Crippen molar-refractivity contribution in [2.75, 3.05) is 0 Å². The van der Waals surface area contributed by atoms with Crippen molar-refractivity contribution in [1.82, 2.24) is 9.55 Å². The number of aryl methyl sites for hydroxylation is 1. The first kappa shape index (κ1) is 11.1. The molecule has 0 saturated heterocycles. The minimum atomic E-state index is -0.640. The van der Waals surface area contributed by atoms with Crippen LogP contribution in [0.25, 0.3) is 0 Å². The molecule has 0 aliphatic carbocycles. The van der Waals surface area contributed by atoms with Crippen LogP contribution in [0.2, 0.25) is 0 Å². The number of hydrogen-bond donors (Lipinski definition) is 0. The third kappa shape index (κ3) is 2.22. The fourth-order valence-corrected chi connectivity index (χ4v) is 1.26. The van der Waals surface area contributed by atoms with E-state index in [0.717, 1.165) is 0 Å². The van der Waals surface area contributed by atoms with Gasteiger partial charge in [-0.2, -0.15) is 0 Å². The van der Waals surface area contributed by atoms with Gasteiger partial charge in [0.25, 0.3) is 0 Å². The lowest BCUT2D eigenvalue weighted by molar-refractivity contribution is -0.390. The molecule has 0 spiro atoms. The van der Waals surface area contributed by atoms with Gasteiger partial charge < -0.3 is 14.9 Å². The van der Waals surface area contributed by atoms with Crippen LogP contribution in [0.4, 0.5) is 10.2 Å². The number of halogens is 1. The highest BCUT2D eigenvalue weighted by Crippen LogP contribution is 2.29. The Bertz CT molecular complexity index is 550. The second-order valence-electron chi connectivity index (χ2n) is 3.30. The van der Waals surface area contributed by atoms with Crippen molar-refractivity contribution in [3.05, 3.63) is 46.5 Å². The van der Waals surface area contributed by atoms with E-state index in [4.69, 9.17) is 4.74 Å². The van der Waals surface area contributed by atoms with Crippen molar-refractivity contribution in [1.29, 1.82) is 0 Å². The number of hydrogen-bond acceptors (Lipinski definition) is 4. The topological polar surface area (TPSA) is 70.2 Å². The standard InChI is InChI=1S/C10H8FN3O3/c1-13-6-12-9(14(15)16)10(13)17-8-4-2-7(11)3-5-8/h2-6H,1H3. The molecule has 1 aromatic carbocycles. The van der Waals surface area contributed by atoms with E-state index in [9.17, 15) is 14.5 Å². The summed E-state index contributed by atoms with van der Waals surface area (Å²) in [6.45, 7) is 0. The molecule has 0 unspecified atom stereocenters. The smallest absolute Gasteiger partial charge is 0.427 e. The molecule has 1 aromatic heterocycles. The van der Waals surface area contributed by atoms with E-state index in [-0.39, 0.29) is 11.7 Å². The predicted octanol–water partition coefficient (Wildman–Crippen LogP) is 2.26. The molecule has 2 rings (SSSR count). The summed E-state index contributed by atoms with van der Waals surface area (Å²) in [6, 6.07) is 5.17. The number of aromatic nitrogens is 2. The molecule has 0 aliphatic rings. The lowest BCUT2D eigenvalue weighted by Crippen LogP contribution is -1.96. The average molecular weight is 237 g/mol. The fourth-order valence-electron chi connectivity index (χ4n) is 1.26. The van der Waals surface area contributed by atoms with Crippen LogP contribution in [0.15, 0.2) is 30.6 Å². The molecule has 0 aliphatic heterocycles. The van der Waals surface area contributed by atoms with Crippen LogP contribution in [0.5, 0.6) is 11.6 Å². The third-order valence-corrected chi connectivity index (χ3v) is 2.07. The van der Waals surface area contributed by atoms with Crippen molar-refractivity contribution < 1.29 is 14.1 Å². The molecule has 0 amide bonds. The SMILES string of the molecule is Cn1cnc([N+](=O)[O-])c1Oc1ccc(F)cc1. The van der Waals surface area contributed by atoms with Crippen molar-refractivity contribution in [2.24, 2.45) is 7.05 Å². The molecule has 2 aromatic rings. The Kier molecular flexibility index (Phi) is 2.73. The quantitative estimate of drug-likeness (QED) is 0.606. The number of imidazole rings is 1. The first-order valence-corrected chi connectivity index (χ1v) is 4.67. The van der Waals surface area contributed by atoms with E-state index in [0.29, 0.717) is 5.75 Å². The summed E-state index contributed by atoms with van der Waals surface area (Å²) < 4.78 is 19.3. The van der Waals surface area contributed by atoms with Crippen molar-refractivity contribution in [3.63, 3.8) is 0 Å². The molecule has 0 radical (unpaired) electrons. The summed E-state index contributed by atoms with van der Waals surface area (Å²) in [5.41, 5.74) is 0. The maximum atomic E-state index is 12.7. The molecular formula is C10H8FN3O3. The van der Waals surface area contributed by atoms with E-state index >= 15 is 0 Å². The van der Waals surface area contributed by atoms with Crippen LogP contribution in [-0.4, -0.2) is 14.5 Å². The van der Waals surface area contributed by atoms with E-state index in [1.807, 2.05) is 0 Å². The molecule has 0 fully saturated rings. The summed E-state index contributed by atoms with van der Waals surface area (Å²) in [5.74, 6) is -0.478. The van der Waals surface area contributed by atoms with Gasteiger partial charge in [0.15, 0.2) is 0 Å². The molecule has 1 heterocycles. The highest BCUT2D eigenvalue weighted by molar-refractivity contribution is 5.38. The largest absolute Gasteiger partial charge is 0.434 e. The Hall–Kier alpha value is -2.44. The normalized spacial score (nSPS) is 10.2. The van der Waals surface area contributed by atoms with Crippen molar-refractivity contribution in [3.8, 4) is 11.6 Å². The summed E-state index contributed by atoms with van der Waals surface area (Å²) in [4.78, 5) is 13.6. The molecule has 0 saturated carbocycles. The van der Waals surface area contributed by atoms with E-state index in [2.05, 4.69) is 4.98 Å². The Balaban J connectivity index is 2.32. The molecule has 6 nitrogen and oxygen atoms in total. The van der Waals surface area contributed by atoms with Crippen LogP contribution in [0.1, 0.15) is 0 Å². The van der Waals surface area contributed by atoms with Crippen LogP contribution in [-0.2, 0) is 7.05 Å². The van der Waals surface area contributed by atoms with Gasteiger partial charge in [-0.1, -0.05) is 0 Å². The average Bonchev–Trinajstić information content (AvgIpc) is 2.64. The fraction of sp³-hybridized carbons (Fsp3) is 0.100. The summed E-state index contributed by atoms with van der Waals surface area (Å²) in [7, 11) is 1.57.